The highest BCUT2D eigenvalue weighted by Crippen LogP contribution is 2.29. The maximum Gasteiger partial charge on any atom is 0.235 e. The molecular weight excluding hydrogens is 162 g/mol. The van der Waals surface area contributed by atoms with Crippen LogP contribution in [0.3, 0.4) is 0 Å². The molecule has 0 heterocycles. The van der Waals surface area contributed by atoms with Crippen molar-refractivity contribution in [2.75, 3.05) is 0 Å². The number of isocyanates is 1. The molecule has 0 aliphatic heterocycles. The summed E-state index contributed by atoms with van der Waals surface area (Å²) in [6, 6.07) is 0. The predicted octanol–water partition coefficient (Wildman–Crippen LogP) is 3.46. The van der Waals surface area contributed by atoms with Gasteiger partial charge in [-0.2, -0.15) is 4.99 Å². The van der Waals surface area contributed by atoms with Gasteiger partial charge in [0.1, 0.15) is 0 Å². The van der Waals surface area contributed by atoms with Gasteiger partial charge in [-0.25, -0.2) is 4.79 Å². The lowest BCUT2D eigenvalue weighted by atomic mass is 9.85. The Hall–Kier alpha value is -0.620. The molecule has 0 fully saturated rings. The van der Waals surface area contributed by atoms with Crippen molar-refractivity contribution in [2.45, 2.75) is 64.8 Å². The van der Waals surface area contributed by atoms with Gasteiger partial charge in [0.25, 0.3) is 0 Å². The molecule has 0 bridgehead atoms. The Balaban J connectivity index is 4.46. The first kappa shape index (κ1) is 12.4. The smallest absolute Gasteiger partial charge is 0.211 e. The first-order chi connectivity index (χ1) is 6.24. The van der Waals surface area contributed by atoms with Crippen molar-refractivity contribution in [2.24, 2.45) is 4.99 Å². The molecule has 0 atom stereocenters. The molecule has 0 radical (unpaired) electrons. The van der Waals surface area contributed by atoms with Crippen LogP contribution in [0.25, 0.3) is 0 Å². The first-order valence-corrected chi connectivity index (χ1v) is 5.33. The monoisotopic (exact) mass is 183 g/mol. The van der Waals surface area contributed by atoms with Crippen LogP contribution in [0.1, 0.15) is 59.3 Å². The largest absolute Gasteiger partial charge is 0.235 e. The lowest BCUT2D eigenvalue weighted by molar-refractivity contribution is 0.331. The maximum atomic E-state index is 10.4. The Morgan fingerprint density at radius 2 is 1.38 bits per heavy atom. The number of hydrogen-bond acceptors (Lipinski definition) is 2. The molecule has 0 aromatic carbocycles. The van der Waals surface area contributed by atoms with Gasteiger partial charge in [-0.1, -0.05) is 40.0 Å². The fraction of sp³-hybridized carbons (Fsp3) is 0.909. The first-order valence-electron chi connectivity index (χ1n) is 5.33. The second-order valence-corrected chi connectivity index (χ2v) is 3.68. The highest BCUT2D eigenvalue weighted by atomic mass is 16.1. The zero-order valence-corrected chi connectivity index (χ0v) is 9.10. The fourth-order valence-corrected chi connectivity index (χ4v) is 2.04. The summed E-state index contributed by atoms with van der Waals surface area (Å²) in [5.74, 6) is 0. The Morgan fingerprint density at radius 3 is 1.62 bits per heavy atom. The van der Waals surface area contributed by atoms with E-state index in [2.05, 4.69) is 25.8 Å². The number of aliphatic imine (C=N–C) groups is 1. The number of rotatable bonds is 7. The van der Waals surface area contributed by atoms with E-state index in [1.165, 1.54) is 0 Å². The molecule has 0 saturated heterocycles. The van der Waals surface area contributed by atoms with Crippen molar-refractivity contribution < 1.29 is 4.79 Å². The van der Waals surface area contributed by atoms with E-state index in [9.17, 15) is 4.79 Å². The van der Waals surface area contributed by atoms with Gasteiger partial charge in [-0.3, -0.25) is 0 Å². The molecule has 0 unspecified atom stereocenters. The second kappa shape index (κ2) is 6.85. The zero-order valence-electron chi connectivity index (χ0n) is 9.10. The summed E-state index contributed by atoms with van der Waals surface area (Å²) in [5.41, 5.74) is -0.0972. The highest BCUT2D eigenvalue weighted by molar-refractivity contribution is 5.34. The zero-order chi connectivity index (χ0) is 10.2. The van der Waals surface area contributed by atoms with Crippen LogP contribution in [-0.4, -0.2) is 11.6 Å². The van der Waals surface area contributed by atoms with E-state index in [1.54, 1.807) is 6.08 Å². The third kappa shape index (κ3) is 4.23. The summed E-state index contributed by atoms with van der Waals surface area (Å²) in [6.45, 7) is 6.42. The summed E-state index contributed by atoms with van der Waals surface area (Å²) in [7, 11) is 0. The maximum absolute atomic E-state index is 10.4. The Morgan fingerprint density at radius 1 is 1.00 bits per heavy atom. The molecule has 2 nitrogen and oxygen atoms in total. The topological polar surface area (TPSA) is 29.4 Å². The quantitative estimate of drug-likeness (QED) is 0.439. The van der Waals surface area contributed by atoms with Gasteiger partial charge < -0.3 is 0 Å². The number of hydrogen-bond donors (Lipinski definition) is 0. The van der Waals surface area contributed by atoms with Crippen LogP contribution in [0.4, 0.5) is 0 Å². The van der Waals surface area contributed by atoms with Gasteiger partial charge in [0.05, 0.1) is 5.54 Å². The SMILES string of the molecule is CCCC(CCC)(CCC)N=C=O. The average Bonchev–Trinajstić information content (AvgIpc) is 2.06. The minimum Gasteiger partial charge on any atom is -0.211 e. The van der Waals surface area contributed by atoms with Crippen molar-refractivity contribution in [1.82, 2.24) is 0 Å². The van der Waals surface area contributed by atoms with Crippen molar-refractivity contribution in [3.05, 3.63) is 0 Å². The standard InChI is InChI=1S/C11H21NO/c1-4-7-11(8-5-2,9-6-3)12-10-13/h4-9H2,1-3H3. The van der Waals surface area contributed by atoms with E-state index in [0.29, 0.717) is 0 Å². The fourth-order valence-electron chi connectivity index (χ4n) is 2.04. The van der Waals surface area contributed by atoms with Gasteiger partial charge in [-0.05, 0) is 19.3 Å². The van der Waals surface area contributed by atoms with Gasteiger partial charge in [0.2, 0.25) is 6.08 Å². The van der Waals surface area contributed by atoms with E-state index in [1.807, 2.05) is 0 Å². The summed E-state index contributed by atoms with van der Waals surface area (Å²) >= 11 is 0. The van der Waals surface area contributed by atoms with Crippen LogP contribution in [0.5, 0.6) is 0 Å². The van der Waals surface area contributed by atoms with Gasteiger partial charge >= 0.3 is 0 Å². The molecule has 0 spiro atoms. The summed E-state index contributed by atoms with van der Waals surface area (Å²) in [6.07, 6.45) is 8.06. The third-order valence-electron chi connectivity index (χ3n) is 2.43. The van der Waals surface area contributed by atoms with E-state index in [0.717, 1.165) is 38.5 Å². The lowest BCUT2D eigenvalue weighted by Crippen LogP contribution is -2.25. The average molecular weight is 183 g/mol. The van der Waals surface area contributed by atoms with Crippen LogP contribution in [0.2, 0.25) is 0 Å². The van der Waals surface area contributed by atoms with E-state index < -0.39 is 0 Å². The van der Waals surface area contributed by atoms with E-state index >= 15 is 0 Å². The highest BCUT2D eigenvalue weighted by Gasteiger charge is 2.26. The second-order valence-electron chi connectivity index (χ2n) is 3.68. The van der Waals surface area contributed by atoms with Crippen molar-refractivity contribution >= 4 is 6.08 Å². The molecule has 0 aromatic rings. The summed E-state index contributed by atoms with van der Waals surface area (Å²) in [5, 5.41) is 0. The van der Waals surface area contributed by atoms with E-state index in [4.69, 9.17) is 0 Å². The molecule has 0 aliphatic carbocycles. The van der Waals surface area contributed by atoms with Gasteiger partial charge in [-0.15, -0.1) is 0 Å². The van der Waals surface area contributed by atoms with Crippen LogP contribution >= 0.6 is 0 Å². The minimum atomic E-state index is -0.0972. The molecule has 76 valence electrons. The molecule has 13 heavy (non-hydrogen) atoms. The summed E-state index contributed by atoms with van der Waals surface area (Å²) < 4.78 is 0. The Bertz CT molecular complexity index is 154. The lowest BCUT2D eigenvalue weighted by Gasteiger charge is -2.26. The van der Waals surface area contributed by atoms with Crippen molar-refractivity contribution in [3.8, 4) is 0 Å². The Kier molecular flexibility index (Phi) is 6.52. The van der Waals surface area contributed by atoms with Crippen LogP contribution < -0.4 is 0 Å². The molecule has 0 amide bonds. The molecule has 0 N–H and O–H groups in total. The molecule has 0 saturated carbocycles. The molecule has 2 heteroatoms. The van der Waals surface area contributed by atoms with Crippen LogP contribution in [0, 0.1) is 0 Å². The third-order valence-corrected chi connectivity index (χ3v) is 2.43. The summed E-state index contributed by atoms with van der Waals surface area (Å²) in [4.78, 5) is 14.4. The normalized spacial score (nSPS) is 11.0. The van der Waals surface area contributed by atoms with Crippen molar-refractivity contribution in [1.29, 1.82) is 0 Å². The van der Waals surface area contributed by atoms with Gasteiger partial charge in [0.15, 0.2) is 0 Å². The van der Waals surface area contributed by atoms with Crippen molar-refractivity contribution in [3.63, 3.8) is 0 Å². The number of carbonyl (C=O) groups excluding carboxylic acids is 1. The number of nitrogens with zero attached hydrogens (tertiary/aromatic N) is 1. The van der Waals surface area contributed by atoms with Crippen LogP contribution in [0.15, 0.2) is 4.99 Å². The van der Waals surface area contributed by atoms with Gasteiger partial charge in [0, 0.05) is 0 Å². The minimum absolute atomic E-state index is 0.0972. The predicted molar refractivity (Wildman–Crippen MR) is 55.6 cm³/mol. The molecular formula is C11H21NO. The Labute approximate surface area is 81.4 Å². The molecule has 0 aliphatic rings. The van der Waals surface area contributed by atoms with Crippen LogP contribution in [-0.2, 0) is 4.79 Å². The van der Waals surface area contributed by atoms with E-state index in [-0.39, 0.29) is 5.54 Å². The molecule has 0 aromatic heterocycles. The molecule has 0 rings (SSSR count).